The van der Waals surface area contributed by atoms with Gasteiger partial charge in [-0.2, -0.15) is 0 Å². The van der Waals surface area contributed by atoms with Gasteiger partial charge in [-0.3, -0.25) is 9.79 Å². The summed E-state index contributed by atoms with van der Waals surface area (Å²) in [5, 5.41) is 3.05. The summed E-state index contributed by atoms with van der Waals surface area (Å²) in [6.07, 6.45) is 2.84. The van der Waals surface area contributed by atoms with Gasteiger partial charge in [-0.15, -0.1) is 0 Å². The van der Waals surface area contributed by atoms with Crippen LogP contribution in [0.2, 0.25) is 5.02 Å². The lowest BCUT2D eigenvalue weighted by Gasteiger charge is -2.33. The van der Waals surface area contributed by atoms with Crippen molar-refractivity contribution in [2.45, 2.75) is 32.2 Å². The number of amides is 1. The number of halogens is 1. The first-order valence-electron chi connectivity index (χ1n) is 11.4. The van der Waals surface area contributed by atoms with Crippen molar-refractivity contribution in [1.29, 1.82) is 0 Å². The van der Waals surface area contributed by atoms with E-state index < -0.39 is 6.04 Å². The second-order valence-electron chi connectivity index (χ2n) is 9.08. The second-order valence-corrected chi connectivity index (χ2v) is 9.52. The number of hydrogen-bond acceptors (Lipinski definition) is 3. The van der Waals surface area contributed by atoms with Crippen LogP contribution in [-0.4, -0.2) is 42.8 Å². The Morgan fingerprint density at radius 1 is 1.00 bits per heavy atom. The van der Waals surface area contributed by atoms with Crippen LogP contribution >= 0.6 is 11.6 Å². The van der Waals surface area contributed by atoms with Crippen LogP contribution in [0.25, 0.3) is 10.8 Å². The zero-order valence-electron chi connectivity index (χ0n) is 18.6. The molecule has 3 aromatic carbocycles. The summed E-state index contributed by atoms with van der Waals surface area (Å²) in [4.78, 5) is 22.7. The number of amidine groups is 1. The lowest BCUT2D eigenvalue weighted by Crippen LogP contribution is -2.39. The molecule has 5 heteroatoms. The van der Waals surface area contributed by atoms with Crippen molar-refractivity contribution in [2.75, 3.05) is 25.0 Å². The van der Waals surface area contributed by atoms with Gasteiger partial charge in [0, 0.05) is 37.1 Å². The summed E-state index contributed by atoms with van der Waals surface area (Å²) in [7, 11) is 1.85. The molecule has 3 aromatic rings. The van der Waals surface area contributed by atoms with Crippen LogP contribution in [0.3, 0.4) is 0 Å². The normalized spacial score (nSPS) is 19.7. The minimum Gasteiger partial charge on any atom is -0.356 e. The van der Waals surface area contributed by atoms with Gasteiger partial charge in [-0.25, -0.2) is 0 Å². The van der Waals surface area contributed by atoms with E-state index in [1.54, 1.807) is 4.90 Å². The predicted molar refractivity (Wildman–Crippen MR) is 133 cm³/mol. The van der Waals surface area contributed by atoms with E-state index in [1.807, 2.05) is 37.4 Å². The molecule has 0 saturated carbocycles. The summed E-state index contributed by atoms with van der Waals surface area (Å²) in [5.41, 5.74) is 2.94. The Balaban J connectivity index is 1.56. The molecule has 32 heavy (non-hydrogen) atoms. The lowest BCUT2D eigenvalue weighted by atomic mass is 9.98. The molecule has 2 heterocycles. The number of likely N-dealkylation sites (tertiary alicyclic amines) is 1. The number of piperidine rings is 1. The minimum absolute atomic E-state index is 0.0158. The quantitative estimate of drug-likeness (QED) is 0.517. The molecule has 2 aliphatic heterocycles. The van der Waals surface area contributed by atoms with Crippen LogP contribution in [0.4, 0.5) is 5.69 Å². The number of carbonyl (C=O) groups excluding carboxylic acids is 1. The van der Waals surface area contributed by atoms with E-state index in [9.17, 15) is 4.79 Å². The zero-order valence-corrected chi connectivity index (χ0v) is 19.3. The van der Waals surface area contributed by atoms with Crippen molar-refractivity contribution >= 4 is 39.8 Å². The topological polar surface area (TPSA) is 35.9 Å². The Bertz CT molecular complexity index is 1200. The molecule has 0 aliphatic carbocycles. The third-order valence-corrected chi connectivity index (χ3v) is 7.02. The minimum atomic E-state index is -0.471. The summed E-state index contributed by atoms with van der Waals surface area (Å²) >= 11 is 6.39. The number of benzodiazepines with no additional fused rings is 1. The van der Waals surface area contributed by atoms with E-state index in [0.717, 1.165) is 48.6 Å². The predicted octanol–water partition coefficient (Wildman–Crippen LogP) is 5.56. The fourth-order valence-corrected chi connectivity index (χ4v) is 4.96. The van der Waals surface area contributed by atoms with Crippen molar-refractivity contribution in [3.8, 4) is 0 Å². The highest BCUT2D eigenvalue weighted by atomic mass is 35.5. The number of fused-ring (bicyclic) bond motifs is 2. The maximum Gasteiger partial charge on any atom is 0.251 e. The standard InChI is InChI=1S/C27H28ClN3O/c1-18-11-13-31(14-12-18)26-23-17-22(28)9-10-25(23)30(2)27(32)24(29-26)16-19-7-8-20-5-3-4-6-21(20)15-19/h3-10,15,17-18,24H,11-14,16H2,1-2H3. The average molecular weight is 446 g/mol. The molecule has 1 atom stereocenters. The monoisotopic (exact) mass is 445 g/mol. The van der Waals surface area contributed by atoms with Gasteiger partial charge < -0.3 is 9.80 Å². The van der Waals surface area contributed by atoms with E-state index in [4.69, 9.17) is 16.6 Å². The van der Waals surface area contributed by atoms with E-state index in [0.29, 0.717) is 17.4 Å². The van der Waals surface area contributed by atoms with Gasteiger partial charge in [0.1, 0.15) is 11.9 Å². The van der Waals surface area contributed by atoms with Crippen molar-refractivity contribution in [3.05, 3.63) is 76.8 Å². The molecule has 2 aliphatic rings. The van der Waals surface area contributed by atoms with Crippen LogP contribution in [0, 0.1) is 5.92 Å². The number of aliphatic imine (C=N–C) groups is 1. The molecular weight excluding hydrogens is 418 g/mol. The Labute approximate surface area is 194 Å². The molecule has 5 rings (SSSR count). The molecule has 1 unspecified atom stereocenters. The van der Waals surface area contributed by atoms with Crippen LogP contribution in [0.15, 0.2) is 65.7 Å². The van der Waals surface area contributed by atoms with E-state index in [2.05, 4.69) is 42.2 Å². The summed E-state index contributed by atoms with van der Waals surface area (Å²) in [6, 6.07) is 20.0. The van der Waals surface area contributed by atoms with Gasteiger partial charge in [-0.05, 0) is 53.3 Å². The van der Waals surface area contributed by atoms with Crippen LogP contribution in [0.5, 0.6) is 0 Å². The maximum absolute atomic E-state index is 13.5. The Morgan fingerprint density at radius 2 is 1.75 bits per heavy atom. The first-order valence-corrected chi connectivity index (χ1v) is 11.8. The molecule has 1 saturated heterocycles. The largest absolute Gasteiger partial charge is 0.356 e. The van der Waals surface area contributed by atoms with Gasteiger partial charge in [0.2, 0.25) is 0 Å². The molecule has 0 radical (unpaired) electrons. The first kappa shape index (κ1) is 21.0. The maximum atomic E-state index is 13.5. The van der Waals surface area contributed by atoms with Gasteiger partial charge in [0.25, 0.3) is 5.91 Å². The Morgan fingerprint density at radius 3 is 2.53 bits per heavy atom. The van der Waals surface area contributed by atoms with Crippen molar-refractivity contribution < 1.29 is 4.79 Å². The fourth-order valence-electron chi connectivity index (χ4n) is 4.79. The smallest absolute Gasteiger partial charge is 0.251 e. The van der Waals surface area contributed by atoms with E-state index in [1.165, 1.54) is 10.8 Å². The summed E-state index contributed by atoms with van der Waals surface area (Å²) in [6.45, 7) is 4.20. The van der Waals surface area contributed by atoms with E-state index in [-0.39, 0.29) is 5.91 Å². The third-order valence-electron chi connectivity index (χ3n) is 6.78. The Hall–Kier alpha value is -2.85. The number of hydrogen-bond donors (Lipinski definition) is 0. The molecule has 1 fully saturated rings. The zero-order chi connectivity index (χ0) is 22.2. The van der Waals surface area contributed by atoms with Crippen LogP contribution < -0.4 is 4.90 Å². The number of carbonyl (C=O) groups is 1. The Kier molecular flexibility index (Phi) is 5.64. The van der Waals surface area contributed by atoms with Crippen molar-refractivity contribution in [1.82, 2.24) is 4.90 Å². The molecule has 164 valence electrons. The number of benzene rings is 3. The van der Waals surface area contributed by atoms with Gasteiger partial charge >= 0.3 is 0 Å². The summed E-state index contributed by atoms with van der Waals surface area (Å²) < 4.78 is 0. The number of nitrogens with zero attached hydrogens (tertiary/aromatic N) is 3. The average Bonchev–Trinajstić information content (AvgIpc) is 2.90. The summed E-state index contributed by atoms with van der Waals surface area (Å²) in [5.74, 6) is 1.63. The molecule has 0 bridgehead atoms. The highest BCUT2D eigenvalue weighted by Gasteiger charge is 2.32. The molecule has 0 spiro atoms. The molecule has 0 aromatic heterocycles. The lowest BCUT2D eigenvalue weighted by molar-refractivity contribution is -0.119. The van der Waals surface area contributed by atoms with Crippen molar-refractivity contribution in [2.24, 2.45) is 10.9 Å². The highest BCUT2D eigenvalue weighted by Crippen LogP contribution is 2.31. The van der Waals surface area contributed by atoms with Gasteiger partial charge in [0.05, 0.1) is 5.69 Å². The SMILES string of the molecule is CC1CCN(C2=NC(Cc3ccc4ccccc4c3)C(=O)N(C)c3ccc(Cl)cc32)CC1. The number of rotatable bonds is 2. The third kappa shape index (κ3) is 4.00. The molecule has 1 amide bonds. The fraction of sp³-hybridized carbons (Fsp3) is 0.333. The van der Waals surface area contributed by atoms with Crippen LogP contribution in [-0.2, 0) is 11.2 Å². The van der Waals surface area contributed by atoms with Crippen LogP contribution in [0.1, 0.15) is 30.9 Å². The van der Waals surface area contributed by atoms with Gasteiger partial charge in [0.15, 0.2) is 0 Å². The second kappa shape index (κ2) is 8.59. The van der Waals surface area contributed by atoms with Crippen molar-refractivity contribution in [3.63, 3.8) is 0 Å². The molecule has 4 nitrogen and oxygen atoms in total. The number of anilines is 1. The first-order chi connectivity index (χ1) is 15.5. The highest BCUT2D eigenvalue weighted by molar-refractivity contribution is 6.31. The number of likely N-dealkylation sites (N-methyl/N-ethyl adjacent to an activating group) is 1. The van der Waals surface area contributed by atoms with E-state index >= 15 is 0 Å². The molecule has 0 N–H and O–H groups in total. The van der Waals surface area contributed by atoms with Gasteiger partial charge in [-0.1, -0.05) is 61.0 Å². The molecular formula is C27H28ClN3O.